The number of aromatic nitrogens is 2. The zero-order valence-electron chi connectivity index (χ0n) is 17.8. The molecule has 6 nitrogen and oxygen atoms in total. The van der Waals surface area contributed by atoms with Crippen LogP contribution in [-0.4, -0.2) is 47.5 Å². The fourth-order valence-electron chi connectivity index (χ4n) is 4.37. The maximum atomic E-state index is 13.4. The number of pyridine rings is 1. The van der Waals surface area contributed by atoms with Crippen LogP contribution in [0.4, 0.5) is 8.78 Å². The smallest absolute Gasteiger partial charge is 0.395 e. The number of nitrogens with zero attached hydrogens (tertiary/aromatic N) is 2. The predicted octanol–water partition coefficient (Wildman–Crippen LogP) is 5.67. The molecule has 0 spiro atoms. The van der Waals surface area contributed by atoms with Crippen molar-refractivity contribution in [3.63, 3.8) is 0 Å². The minimum atomic E-state index is -3.63. The highest BCUT2D eigenvalue weighted by molar-refractivity contribution is 7.15. The lowest BCUT2D eigenvalue weighted by atomic mass is 10.0. The molecule has 2 aliphatic heterocycles. The van der Waals surface area contributed by atoms with Crippen LogP contribution in [0.15, 0.2) is 48.8 Å². The summed E-state index contributed by atoms with van der Waals surface area (Å²) in [6.45, 7) is 5.66. The van der Waals surface area contributed by atoms with Gasteiger partial charge in [0.05, 0.1) is 13.2 Å². The third kappa shape index (κ3) is 3.76. The van der Waals surface area contributed by atoms with Gasteiger partial charge in [-0.25, -0.2) is 4.98 Å². The van der Waals surface area contributed by atoms with Gasteiger partial charge in [0.1, 0.15) is 5.65 Å². The van der Waals surface area contributed by atoms with E-state index in [1.807, 2.05) is 12.4 Å². The Labute approximate surface area is 192 Å². The number of aromatic amines is 1. The van der Waals surface area contributed by atoms with Gasteiger partial charge in [-0.15, -0.1) is 20.1 Å². The fraction of sp³-hybridized carbons (Fsp3) is 0.292. The van der Waals surface area contributed by atoms with E-state index in [-0.39, 0.29) is 11.5 Å². The Balaban J connectivity index is 1.32. The van der Waals surface area contributed by atoms with E-state index in [0.29, 0.717) is 6.04 Å². The van der Waals surface area contributed by atoms with Gasteiger partial charge in [0.15, 0.2) is 11.5 Å². The quantitative estimate of drug-likeness (QED) is 0.417. The van der Waals surface area contributed by atoms with Crippen LogP contribution >= 0.6 is 11.3 Å². The standard InChI is InChI=1S/C24H21F2N3O3S/c1-14(29-6-8-30-9-7-29)21-4-5-22(33-21)16-10-17-18(13-28-23(17)27-12-16)15-2-3-19-20(11-15)32-24(25,26)31-19/h2-5,10-14H,6-9H2,1H3,(H,27,28). The van der Waals surface area contributed by atoms with Crippen molar-refractivity contribution in [3.8, 4) is 33.1 Å². The van der Waals surface area contributed by atoms with Crippen molar-refractivity contribution >= 4 is 22.4 Å². The van der Waals surface area contributed by atoms with Crippen molar-refractivity contribution in [1.82, 2.24) is 14.9 Å². The third-order valence-electron chi connectivity index (χ3n) is 6.16. The second-order valence-corrected chi connectivity index (χ2v) is 9.29. The molecule has 0 aliphatic carbocycles. The summed E-state index contributed by atoms with van der Waals surface area (Å²) in [5.74, 6) is 0.0545. The first-order chi connectivity index (χ1) is 16.0. The van der Waals surface area contributed by atoms with Crippen molar-refractivity contribution in [1.29, 1.82) is 0 Å². The Kier molecular flexibility index (Phi) is 4.86. The summed E-state index contributed by atoms with van der Waals surface area (Å²) < 4.78 is 41.4. The number of fused-ring (bicyclic) bond motifs is 2. The number of hydrogen-bond donors (Lipinski definition) is 1. The van der Waals surface area contributed by atoms with Crippen molar-refractivity contribution in [2.75, 3.05) is 26.3 Å². The van der Waals surface area contributed by atoms with Crippen molar-refractivity contribution in [2.24, 2.45) is 0 Å². The summed E-state index contributed by atoms with van der Waals surface area (Å²) in [4.78, 5) is 12.6. The summed E-state index contributed by atoms with van der Waals surface area (Å²) in [5.41, 5.74) is 3.35. The summed E-state index contributed by atoms with van der Waals surface area (Å²) in [7, 11) is 0. The molecule has 1 N–H and O–H groups in total. The maximum absolute atomic E-state index is 13.4. The molecule has 0 amide bonds. The number of thiophene rings is 1. The molecule has 1 unspecified atom stereocenters. The van der Waals surface area contributed by atoms with Gasteiger partial charge in [-0.1, -0.05) is 6.07 Å². The molecule has 2 aliphatic rings. The number of H-pyrrole nitrogens is 1. The molecule has 33 heavy (non-hydrogen) atoms. The van der Waals surface area contributed by atoms with Crippen LogP contribution in [0.1, 0.15) is 17.8 Å². The molecule has 1 fully saturated rings. The average Bonchev–Trinajstić information content (AvgIpc) is 3.53. The minimum Gasteiger partial charge on any atom is -0.395 e. The molecular formula is C24H21F2N3O3S. The lowest BCUT2D eigenvalue weighted by Crippen LogP contribution is -2.37. The highest BCUT2D eigenvalue weighted by atomic mass is 32.1. The summed E-state index contributed by atoms with van der Waals surface area (Å²) in [6.07, 6.45) is 0.0560. The molecule has 4 aromatic rings. The lowest BCUT2D eigenvalue weighted by Gasteiger charge is -2.31. The minimum absolute atomic E-state index is 0.0240. The molecule has 0 bridgehead atoms. The Hall–Kier alpha value is -3.01. The molecule has 5 heterocycles. The number of benzene rings is 1. The maximum Gasteiger partial charge on any atom is 0.586 e. The highest BCUT2D eigenvalue weighted by Crippen LogP contribution is 2.44. The van der Waals surface area contributed by atoms with E-state index < -0.39 is 6.29 Å². The zero-order valence-corrected chi connectivity index (χ0v) is 18.6. The van der Waals surface area contributed by atoms with Crippen molar-refractivity contribution < 1.29 is 23.0 Å². The van der Waals surface area contributed by atoms with Gasteiger partial charge in [0, 0.05) is 57.8 Å². The van der Waals surface area contributed by atoms with Crippen LogP contribution in [0.5, 0.6) is 11.5 Å². The first-order valence-corrected chi connectivity index (χ1v) is 11.6. The summed E-state index contributed by atoms with van der Waals surface area (Å²) in [6, 6.07) is 11.5. The van der Waals surface area contributed by atoms with Crippen LogP contribution in [0, 0.1) is 0 Å². The predicted molar refractivity (Wildman–Crippen MR) is 122 cm³/mol. The van der Waals surface area contributed by atoms with Crippen LogP contribution < -0.4 is 9.47 Å². The van der Waals surface area contributed by atoms with E-state index in [2.05, 4.69) is 49.5 Å². The number of rotatable bonds is 4. The number of morpholine rings is 1. The molecule has 9 heteroatoms. The molecular weight excluding hydrogens is 448 g/mol. The number of halogens is 2. The van der Waals surface area contributed by atoms with E-state index in [1.165, 1.54) is 10.9 Å². The Morgan fingerprint density at radius 1 is 1.06 bits per heavy atom. The second-order valence-electron chi connectivity index (χ2n) is 8.18. The molecule has 0 saturated carbocycles. The van der Waals surface area contributed by atoms with Crippen LogP contribution in [0.25, 0.3) is 32.6 Å². The van der Waals surface area contributed by atoms with Crippen LogP contribution in [-0.2, 0) is 4.74 Å². The van der Waals surface area contributed by atoms with Gasteiger partial charge < -0.3 is 19.2 Å². The van der Waals surface area contributed by atoms with Gasteiger partial charge in [-0.3, -0.25) is 4.90 Å². The Morgan fingerprint density at radius 2 is 1.88 bits per heavy atom. The monoisotopic (exact) mass is 469 g/mol. The molecule has 1 aromatic carbocycles. The fourth-order valence-corrected chi connectivity index (χ4v) is 5.45. The second kappa shape index (κ2) is 7.79. The molecule has 0 radical (unpaired) electrons. The number of nitrogens with one attached hydrogen (secondary N) is 1. The lowest BCUT2D eigenvalue weighted by molar-refractivity contribution is -0.286. The number of ether oxygens (including phenoxy) is 3. The zero-order chi connectivity index (χ0) is 22.6. The average molecular weight is 470 g/mol. The Morgan fingerprint density at radius 3 is 2.73 bits per heavy atom. The third-order valence-corrected chi connectivity index (χ3v) is 7.46. The van der Waals surface area contributed by atoms with E-state index >= 15 is 0 Å². The Bertz CT molecular complexity index is 1330. The topological polar surface area (TPSA) is 59.6 Å². The summed E-state index contributed by atoms with van der Waals surface area (Å²) in [5, 5.41) is 0.911. The number of alkyl halides is 2. The SMILES string of the molecule is CC(c1ccc(-c2cnc3[nH]cc(-c4ccc5c(c4)OC(F)(F)O5)c3c2)s1)N1CCOCC1. The van der Waals surface area contributed by atoms with Gasteiger partial charge in [-0.2, -0.15) is 0 Å². The first-order valence-electron chi connectivity index (χ1n) is 10.8. The van der Waals surface area contributed by atoms with Crippen molar-refractivity contribution in [2.45, 2.75) is 19.3 Å². The highest BCUT2D eigenvalue weighted by Gasteiger charge is 2.43. The van der Waals surface area contributed by atoms with Crippen LogP contribution in [0.2, 0.25) is 0 Å². The largest absolute Gasteiger partial charge is 0.586 e. The van der Waals surface area contributed by atoms with E-state index in [9.17, 15) is 8.78 Å². The van der Waals surface area contributed by atoms with Gasteiger partial charge in [0.2, 0.25) is 0 Å². The first kappa shape index (κ1) is 20.6. The summed E-state index contributed by atoms with van der Waals surface area (Å²) >= 11 is 1.76. The van der Waals surface area contributed by atoms with E-state index in [4.69, 9.17) is 4.74 Å². The van der Waals surface area contributed by atoms with Crippen molar-refractivity contribution in [3.05, 3.63) is 53.7 Å². The molecule has 3 aromatic heterocycles. The molecule has 1 atom stereocenters. The number of hydrogen-bond acceptors (Lipinski definition) is 6. The normalized spacial score (nSPS) is 18.6. The van der Waals surface area contributed by atoms with Gasteiger partial charge >= 0.3 is 6.29 Å². The molecule has 170 valence electrons. The van der Waals surface area contributed by atoms with E-state index in [1.54, 1.807) is 23.5 Å². The van der Waals surface area contributed by atoms with Gasteiger partial charge in [0.25, 0.3) is 0 Å². The van der Waals surface area contributed by atoms with Crippen LogP contribution in [0.3, 0.4) is 0 Å². The molecule has 1 saturated heterocycles. The van der Waals surface area contributed by atoms with Gasteiger partial charge in [-0.05, 0) is 42.8 Å². The van der Waals surface area contributed by atoms with E-state index in [0.717, 1.165) is 58.9 Å². The molecule has 6 rings (SSSR count).